The largest absolute Gasteiger partial charge is 0.395 e. The zero-order valence-electron chi connectivity index (χ0n) is 12.2. The van der Waals surface area contributed by atoms with Crippen molar-refractivity contribution in [3.63, 3.8) is 0 Å². The van der Waals surface area contributed by atoms with Crippen molar-refractivity contribution in [2.45, 2.75) is 44.3 Å². The summed E-state index contributed by atoms with van der Waals surface area (Å²) in [7, 11) is 0. The quantitative estimate of drug-likeness (QED) is 0.860. The average molecular weight is 274 g/mol. The van der Waals surface area contributed by atoms with E-state index in [9.17, 15) is 5.11 Å². The van der Waals surface area contributed by atoms with Crippen LogP contribution >= 0.6 is 0 Å². The van der Waals surface area contributed by atoms with Crippen LogP contribution in [-0.2, 0) is 6.54 Å². The molecule has 1 saturated carbocycles. The zero-order chi connectivity index (χ0) is 13.8. The standard InChI is InChI=1S/C17H26N2O/c20-13-12-19(16-6-7-16)17-8-10-18(11-9-17)14-15-4-2-1-3-5-15/h1-5,16-17,20H,6-14H2. The third-order valence-electron chi connectivity index (χ3n) is 4.65. The minimum absolute atomic E-state index is 0.306. The Morgan fingerprint density at radius 1 is 1.00 bits per heavy atom. The van der Waals surface area contributed by atoms with E-state index in [4.69, 9.17) is 0 Å². The molecule has 20 heavy (non-hydrogen) atoms. The number of benzene rings is 1. The minimum atomic E-state index is 0.306. The molecule has 0 radical (unpaired) electrons. The molecule has 1 N–H and O–H groups in total. The number of piperidine rings is 1. The van der Waals surface area contributed by atoms with Crippen molar-refractivity contribution in [3.8, 4) is 0 Å². The van der Waals surface area contributed by atoms with Gasteiger partial charge in [0.15, 0.2) is 0 Å². The Kier molecular flexibility index (Phi) is 4.71. The van der Waals surface area contributed by atoms with Gasteiger partial charge in [-0.25, -0.2) is 0 Å². The van der Waals surface area contributed by atoms with Crippen LogP contribution in [0.15, 0.2) is 30.3 Å². The van der Waals surface area contributed by atoms with Gasteiger partial charge in [0.1, 0.15) is 0 Å². The highest BCUT2D eigenvalue weighted by Gasteiger charge is 2.34. The summed E-state index contributed by atoms with van der Waals surface area (Å²) in [6.07, 6.45) is 5.18. The highest BCUT2D eigenvalue weighted by Crippen LogP contribution is 2.31. The lowest BCUT2D eigenvalue weighted by Crippen LogP contribution is -2.46. The SMILES string of the molecule is OCCN(C1CC1)C1CCN(Cc2ccccc2)CC1. The Labute approximate surface area is 122 Å². The first-order valence-corrected chi connectivity index (χ1v) is 7.99. The van der Waals surface area contributed by atoms with Gasteiger partial charge < -0.3 is 5.11 Å². The van der Waals surface area contributed by atoms with Crippen LogP contribution < -0.4 is 0 Å². The Balaban J connectivity index is 1.49. The van der Waals surface area contributed by atoms with Gasteiger partial charge in [0.25, 0.3) is 0 Å². The van der Waals surface area contributed by atoms with E-state index in [1.54, 1.807) is 0 Å². The van der Waals surface area contributed by atoms with Gasteiger partial charge in [-0.1, -0.05) is 30.3 Å². The topological polar surface area (TPSA) is 26.7 Å². The number of hydrogen-bond donors (Lipinski definition) is 1. The average Bonchev–Trinajstić information content (AvgIpc) is 3.32. The van der Waals surface area contributed by atoms with Crippen LogP contribution in [0, 0.1) is 0 Å². The molecule has 0 spiro atoms. The Morgan fingerprint density at radius 2 is 1.65 bits per heavy atom. The van der Waals surface area contributed by atoms with Gasteiger partial charge >= 0.3 is 0 Å². The van der Waals surface area contributed by atoms with E-state index < -0.39 is 0 Å². The van der Waals surface area contributed by atoms with Crippen LogP contribution in [-0.4, -0.2) is 53.2 Å². The monoisotopic (exact) mass is 274 g/mol. The summed E-state index contributed by atoms with van der Waals surface area (Å²) < 4.78 is 0. The van der Waals surface area contributed by atoms with Gasteiger partial charge in [0.05, 0.1) is 6.61 Å². The summed E-state index contributed by atoms with van der Waals surface area (Å²) >= 11 is 0. The van der Waals surface area contributed by atoms with Crippen molar-refractivity contribution in [3.05, 3.63) is 35.9 Å². The molecule has 0 amide bonds. The van der Waals surface area contributed by atoms with Crippen LogP contribution in [0.25, 0.3) is 0 Å². The molecule has 1 aliphatic carbocycles. The fourth-order valence-electron chi connectivity index (χ4n) is 3.44. The molecule has 3 nitrogen and oxygen atoms in total. The van der Waals surface area contributed by atoms with Crippen molar-refractivity contribution < 1.29 is 5.11 Å². The molecule has 110 valence electrons. The van der Waals surface area contributed by atoms with Gasteiger partial charge in [-0.05, 0) is 44.3 Å². The fraction of sp³-hybridized carbons (Fsp3) is 0.647. The summed E-state index contributed by atoms with van der Waals surface area (Å²) in [5.74, 6) is 0. The highest BCUT2D eigenvalue weighted by molar-refractivity contribution is 5.14. The molecular weight excluding hydrogens is 248 g/mol. The van der Waals surface area contributed by atoms with Crippen LogP contribution in [0.4, 0.5) is 0 Å². The second-order valence-electron chi connectivity index (χ2n) is 6.19. The van der Waals surface area contributed by atoms with Crippen molar-refractivity contribution in [1.82, 2.24) is 9.80 Å². The van der Waals surface area contributed by atoms with Crippen LogP contribution in [0.3, 0.4) is 0 Å². The normalized spacial score (nSPS) is 21.5. The predicted molar refractivity (Wildman–Crippen MR) is 81.6 cm³/mol. The molecule has 0 aromatic heterocycles. The summed E-state index contributed by atoms with van der Waals surface area (Å²) in [6.45, 7) is 4.63. The van der Waals surface area contributed by atoms with Crippen molar-refractivity contribution in [2.75, 3.05) is 26.2 Å². The lowest BCUT2D eigenvalue weighted by molar-refractivity contribution is 0.0824. The predicted octanol–water partition coefficient (Wildman–Crippen LogP) is 2.11. The van der Waals surface area contributed by atoms with Gasteiger partial charge in [-0.2, -0.15) is 0 Å². The summed E-state index contributed by atoms with van der Waals surface area (Å²) in [6, 6.07) is 12.2. The summed E-state index contributed by atoms with van der Waals surface area (Å²) in [4.78, 5) is 5.13. The first-order valence-electron chi connectivity index (χ1n) is 7.99. The van der Waals surface area contributed by atoms with E-state index in [0.29, 0.717) is 12.6 Å². The zero-order valence-corrected chi connectivity index (χ0v) is 12.2. The number of aliphatic hydroxyl groups excluding tert-OH is 1. The number of likely N-dealkylation sites (tertiary alicyclic amines) is 1. The maximum Gasteiger partial charge on any atom is 0.0558 e. The van der Waals surface area contributed by atoms with Gasteiger partial charge in [0.2, 0.25) is 0 Å². The van der Waals surface area contributed by atoms with E-state index >= 15 is 0 Å². The summed E-state index contributed by atoms with van der Waals surface area (Å²) in [5.41, 5.74) is 1.42. The molecule has 1 saturated heterocycles. The van der Waals surface area contributed by atoms with Crippen molar-refractivity contribution in [2.24, 2.45) is 0 Å². The minimum Gasteiger partial charge on any atom is -0.395 e. The molecule has 0 bridgehead atoms. The lowest BCUT2D eigenvalue weighted by Gasteiger charge is -2.38. The van der Waals surface area contributed by atoms with E-state index in [2.05, 4.69) is 40.1 Å². The van der Waals surface area contributed by atoms with Crippen molar-refractivity contribution in [1.29, 1.82) is 0 Å². The molecule has 1 aromatic carbocycles. The molecule has 3 heteroatoms. The van der Waals surface area contributed by atoms with E-state index in [-0.39, 0.29) is 0 Å². The fourth-order valence-corrected chi connectivity index (χ4v) is 3.44. The van der Waals surface area contributed by atoms with Gasteiger partial charge in [0, 0.05) is 25.2 Å². The smallest absolute Gasteiger partial charge is 0.0558 e. The third kappa shape index (κ3) is 3.60. The molecule has 0 unspecified atom stereocenters. The maximum absolute atomic E-state index is 9.24. The van der Waals surface area contributed by atoms with Crippen LogP contribution in [0.1, 0.15) is 31.2 Å². The molecular formula is C17H26N2O. The number of aliphatic hydroxyl groups is 1. The van der Waals surface area contributed by atoms with E-state index in [1.165, 1.54) is 44.3 Å². The van der Waals surface area contributed by atoms with Crippen LogP contribution in [0.5, 0.6) is 0 Å². The van der Waals surface area contributed by atoms with E-state index in [0.717, 1.165) is 19.1 Å². The Bertz CT molecular complexity index is 397. The molecule has 2 fully saturated rings. The van der Waals surface area contributed by atoms with Crippen molar-refractivity contribution >= 4 is 0 Å². The van der Waals surface area contributed by atoms with E-state index in [1.807, 2.05) is 0 Å². The van der Waals surface area contributed by atoms with Gasteiger partial charge in [-0.15, -0.1) is 0 Å². The van der Waals surface area contributed by atoms with Crippen LogP contribution in [0.2, 0.25) is 0 Å². The third-order valence-corrected chi connectivity index (χ3v) is 4.65. The summed E-state index contributed by atoms with van der Waals surface area (Å²) in [5, 5.41) is 9.24. The molecule has 1 aliphatic heterocycles. The molecule has 0 atom stereocenters. The molecule has 2 aliphatic rings. The Hall–Kier alpha value is -0.900. The Morgan fingerprint density at radius 3 is 2.25 bits per heavy atom. The van der Waals surface area contributed by atoms with Gasteiger partial charge in [-0.3, -0.25) is 9.80 Å². The second kappa shape index (κ2) is 6.70. The highest BCUT2D eigenvalue weighted by atomic mass is 16.3. The first-order chi connectivity index (χ1) is 9.86. The first kappa shape index (κ1) is 14.1. The molecule has 1 heterocycles. The maximum atomic E-state index is 9.24. The second-order valence-corrected chi connectivity index (χ2v) is 6.19. The molecule has 1 aromatic rings. The number of hydrogen-bond acceptors (Lipinski definition) is 3. The lowest BCUT2D eigenvalue weighted by atomic mass is 10.0. The molecule has 3 rings (SSSR count). The number of rotatable bonds is 6. The number of nitrogens with zero attached hydrogens (tertiary/aromatic N) is 2.